The molecule has 0 amide bonds. The summed E-state index contributed by atoms with van der Waals surface area (Å²) in [7, 11) is 2.06. The van der Waals surface area contributed by atoms with Crippen molar-refractivity contribution in [3.63, 3.8) is 0 Å². The summed E-state index contributed by atoms with van der Waals surface area (Å²) in [5.74, 6) is 0.686. The number of anilines is 1. The smallest absolute Gasteiger partial charge is 0.211 e. The van der Waals surface area contributed by atoms with Gasteiger partial charge >= 0.3 is 0 Å². The fourth-order valence-electron chi connectivity index (χ4n) is 3.81. The number of nitrogens with zero attached hydrogens (tertiary/aromatic N) is 1. The molecule has 2 heterocycles. The molecule has 0 unspecified atom stereocenters. The van der Waals surface area contributed by atoms with E-state index in [1.807, 2.05) is 6.07 Å². The Balaban J connectivity index is 1.92. The zero-order chi connectivity index (χ0) is 16.4. The Morgan fingerprint density at radius 3 is 2.57 bits per heavy atom. The highest BCUT2D eigenvalue weighted by Gasteiger charge is 2.57. The number of ether oxygens (including phenoxy) is 1. The van der Waals surface area contributed by atoms with Gasteiger partial charge in [-0.05, 0) is 49.8 Å². The lowest BCUT2D eigenvalue weighted by Crippen LogP contribution is -2.58. The van der Waals surface area contributed by atoms with E-state index in [0.29, 0.717) is 15.8 Å². The number of likely N-dealkylation sites (N-methyl/N-ethyl adjacent to an activating group) is 1. The van der Waals surface area contributed by atoms with E-state index >= 15 is 0 Å². The Bertz CT molecular complexity index is 843. The molecule has 2 aromatic rings. The van der Waals surface area contributed by atoms with Crippen LogP contribution in [-0.4, -0.2) is 12.8 Å². The first-order valence-corrected chi connectivity index (χ1v) is 8.33. The fourth-order valence-corrected chi connectivity index (χ4v) is 4.35. The van der Waals surface area contributed by atoms with Gasteiger partial charge in [-0.15, -0.1) is 0 Å². The molecule has 118 valence electrons. The molecule has 0 saturated carbocycles. The van der Waals surface area contributed by atoms with Crippen molar-refractivity contribution in [3.8, 4) is 5.75 Å². The van der Waals surface area contributed by atoms with Gasteiger partial charge in [-0.1, -0.05) is 41.4 Å². The lowest BCUT2D eigenvalue weighted by Gasteiger charge is -2.46. The highest BCUT2D eigenvalue weighted by molar-refractivity contribution is 6.36. The minimum Gasteiger partial charge on any atom is -0.461 e. The predicted octanol–water partition coefficient (Wildman–Crippen LogP) is 5.52. The van der Waals surface area contributed by atoms with Crippen LogP contribution in [0.5, 0.6) is 5.75 Å². The minimum atomic E-state index is -0.610. The van der Waals surface area contributed by atoms with Gasteiger partial charge in [-0.3, -0.25) is 0 Å². The van der Waals surface area contributed by atoms with Crippen LogP contribution < -0.4 is 9.64 Å². The van der Waals surface area contributed by atoms with Crippen molar-refractivity contribution in [3.05, 3.63) is 63.6 Å². The highest BCUT2D eigenvalue weighted by atomic mass is 35.5. The second-order valence-corrected chi connectivity index (χ2v) is 7.48. The Labute approximate surface area is 146 Å². The van der Waals surface area contributed by atoms with Gasteiger partial charge in [0.15, 0.2) is 0 Å². The van der Waals surface area contributed by atoms with Gasteiger partial charge in [0.25, 0.3) is 0 Å². The van der Waals surface area contributed by atoms with E-state index in [9.17, 15) is 0 Å². The quantitative estimate of drug-likeness (QED) is 0.622. The van der Waals surface area contributed by atoms with Gasteiger partial charge in [-0.2, -0.15) is 0 Å². The van der Waals surface area contributed by atoms with E-state index in [1.54, 1.807) is 6.07 Å². The molecule has 0 saturated heterocycles. The summed E-state index contributed by atoms with van der Waals surface area (Å²) in [5, 5.41) is 1.15. The van der Waals surface area contributed by atoms with Crippen LogP contribution in [-0.2, 0) is 5.41 Å². The molecule has 2 aliphatic rings. The van der Waals surface area contributed by atoms with E-state index in [4.69, 9.17) is 27.9 Å². The Hall–Kier alpha value is -1.64. The summed E-state index contributed by atoms with van der Waals surface area (Å²) < 4.78 is 6.52. The monoisotopic (exact) mass is 345 g/mol. The van der Waals surface area contributed by atoms with E-state index in [0.717, 1.165) is 5.56 Å². The lowest BCUT2D eigenvalue weighted by molar-refractivity contribution is 0.0583. The maximum Gasteiger partial charge on any atom is 0.211 e. The van der Waals surface area contributed by atoms with Crippen molar-refractivity contribution in [1.29, 1.82) is 0 Å². The summed E-state index contributed by atoms with van der Waals surface area (Å²) in [6.07, 6.45) is 4.17. The van der Waals surface area contributed by atoms with Crippen LogP contribution in [0.3, 0.4) is 0 Å². The predicted molar refractivity (Wildman–Crippen MR) is 96.7 cm³/mol. The molecule has 0 radical (unpaired) electrons. The molecule has 2 aliphatic heterocycles. The van der Waals surface area contributed by atoms with Gasteiger partial charge in [0.05, 0.1) is 10.4 Å². The summed E-state index contributed by atoms with van der Waals surface area (Å²) in [6.45, 7) is 4.41. The molecule has 0 fully saturated rings. The highest BCUT2D eigenvalue weighted by Crippen LogP contribution is 2.55. The van der Waals surface area contributed by atoms with Crippen molar-refractivity contribution in [1.82, 2.24) is 0 Å². The number of fused-ring (bicyclic) bond motifs is 2. The van der Waals surface area contributed by atoms with E-state index in [1.165, 1.54) is 11.3 Å². The van der Waals surface area contributed by atoms with Gasteiger partial charge in [0.1, 0.15) is 5.75 Å². The number of hydrogen-bond donors (Lipinski definition) is 0. The van der Waals surface area contributed by atoms with Crippen LogP contribution in [0.2, 0.25) is 10.0 Å². The van der Waals surface area contributed by atoms with Crippen LogP contribution in [0, 0.1) is 0 Å². The number of para-hydroxylation sites is 1. The lowest BCUT2D eigenvalue weighted by atomic mass is 9.76. The van der Waals surface area contributed by atoms with Gasteiger partial charge in [-0.25, -0.2) is 0 Å². The summed E-state index contributed by atoms with van der Waals surface area (Å²) >= 11 is 12.5. The third-order valence-electron chi connectivity index (χ3n) is 5.12. The molecule has 2 aromatic carbocycles. The molecule has 2 nitrogen and oxygen atoms in total. The molecule has 0 aliphatic carbocycles. The first kappa shape index (κ1) is 14.9. The van der Waals surface area contributed by atoms with Crippen molar-refractivity contribution in [2.75, 3.05) is 11.9 Å². The topological polar surface area (TPSA) is 12.5 Å². The van der Waals surface area contributed by atoms with Crippen LogP contribution in [0.1, 0.15) is 25.0 Å². The van der Waals surface area contributed by atoms with E-state index in [2.05, 4.69) is 62.2 Å². The number of rotatable bonds is 0. The minimum absolute atomic E-state index is 0.227. The normalized spacial score (nSPS) is 23.6. The fraction of sp³-hybridized carbons (Fsp3) is 0.263. The number of halogens is 2. The van der Waals surface area contributed by atoms with E-state index < -0.39 is 5.72 Å². The molecular weight excluding hydrogens is 329 g/mol. The zero-order valence-electron chi connectivity index (χ0n) is 13.2. The van der Waals surface area contributed by atoms with Crippen molar-refractivity contribution < 1.29 is 4.74 Å². The molecule has 4 rings (SSSR count). The Morgan fingerprint density at radius 1 is 1.09 bits per heavy atom. The zero-order valence-corrected chi connectivity index (χ0v) is 14.7. The first-order valence-electron chi connectivity index (χ1n) is 7.57. The SMILES string of the molecule is CN1c2ccccc2C(C)(C)[C@@]12C=Cc1cc(Cl)cc(Cl)c1O2. The maximum atomic E-state index is 6.52. The van der Waals surface area contributed by atoms with Crippen LogP contribution in [0.25, 0.3) is 6.08 Å². The first-order chi connectivity index (χ1) is 10.9. The average molecular weight is 346 g/mol. The second-order valence-electron chi connectivity index (χ2n) is 6.64. The number of benzene rings is 2. The molecule has 0 N–H and O–H groups in total. The van der Waals surface area contributed by atoms with Gasteiger partial charge < -0.3 is 9.64 Å². The van der Waals surface area contributed by atoms with Crippen LogP contribution in [0.4, 0.5) is 5.69 Å². The molecule has 1 atom stereocenters. The standard InChI is InChI=1S/C19H17Cl2NO/c1-18(2)14-6-4-5-7-16(14)22(3)19(18)9-8-12-10-13(20)11-15(21)17(12)23-19/h4-11H,1-3H3/t19-/m0/s1. The van der Waals surface area contributed by atoms with Crippen LogP contribution >= 0.6 is 23.2 Å². The molecule has 0 bridgehead atoms. The number of hydrogen-bond acceptors (Lipinski definition) is 2. The molecule has 0 aromatic heterocycles. The Kier molecular flexibility index (Phi) is 3.04. The third-order valence-corrected chi connectivity index (χ3v) is 5.62. The van der Waals surface area contributed by atoms with Crippen LogP contribution in [0.15, 0.2) is 42.5 Å². The summed E-state index contributed by atoms with van der Waals surface area (Å²) in [4.78, 5) is 2.19. The van der Waals surface area contributed by atoms with E-state index in [-0.39, 0.29) is 5.41 Å². The maximum absolute atomic E-state index is 6.52. The summed E-state index contributed by atoms with van der Waals surface area (Å²) in [5.41, 5.74) is 2.51. The van der Waals surface area contributed by atoms with Crippen molar-refractivity contribution in [2.24, 2.45) is 0 Å². The average Bonchev–Trinajstić information content (AvgIpc) is 2.68. The third kappa shape index (κ3) is 1.82. The molecule has 1 spiro atoms. The molecular formula is C19H17Cl2NO. The molecule has 4 heteroatoms. The van der Waals surface area contributed by atoms with Crippen molar-refractivity contribution in [2.45, 2.75) is 25.0 Å². The summed E-state index contributed by atoms with van der Waals surface area (Å²) in [6, 6.07) is 12.0. The largest absolute Gasteiger partial charge is 0.461 e. The Morgan fingerprint density at radius 2 is 1.83 bits per heavy atom. The van der Waals surface area contributed by atoms with Gasteiger partial charge in [0, 0.05) is 23.3 Å². The second kappa shape index (κ2) is 4.68. The van der Waals surface area contributed by atoms with Gasteiger partial charge in [0.2, 0.25) is 5.72 Å². The van der Waals surface area contributed by atoms with Crippen molar-refractivity contribution >= 4 is 35.0 Å². The molecule has 23 heavy (non-hydrogen) atoms.